The van der Waals surface area contributed by atoms with E-state index in [1.807, 2.05) is 29.8 Å². The first-order chi connectivity index (χ1) is 19.1. The Morgan fingerprint density at radius 1 is 1.23 bits per heavy atom. The summed E-state index contributed by atoms with van der Waals surface area (Å²) >= 11 is 0. The predicted octanol–water partition coefficient (Wildman–Crippen LogP) is 5.71. The lowest BCUT2D eigenvalue weighted by Gasteiger charge is -2.39. The number of aryl methyl sites for hydroxylation is 1. The number of amides is 1. The molecule has 2 heterocycles. The molecule has 2 fully saturated rings. The van der Waals surface area contributed by atoms with Crippen LogP contribution < -0.4 is 10.2 Å². The van der Waals surface area contributed by atoms with Crippen molar-refractivity contribution in [2.75, 3.05) is 4.90 Å². The molecule has 0 saturated heterocycles. The lowest BCUT2D eigenvalue weighted by molar-refractivity contribution is -0.138. The third-order valence-electron chi connectivity index (χ3n) is 8.98. The summed E-state index contributed by atoms with van der Waals surface area (Å²) in [5, 5.41) is 21.1. The number of alkyl halides is 3. The highest BCUT2D eigenvalue weighted by molar-refractivity contribution is 6.10. The Morgan fingerprint density at radius 3 is 2.62 bits per heavy atom. The van der Waals surface area contributed by atoms with Crippen molar-refractivity contribution in [2.24, 2.45) is 18.9 Å². The van der Waals surface area contributed by atoms with Gasteiger partial charge in [0.15, 0.2) is 0 Å². The number of fused-ring (bicyclic) bond motifs is 1. The van der Waals surface area contributed by atoms with Crippen LogP contribution in [0.15, 0.2) is 42.7 Å². The van der Waals surface area contributed by atoms with Gasteiger partial charge in [-0.05, 0) is 85.9 Å². The summed E-state index contributed by atoms with van der Waals surface area (Å²) in [4.78, 5) is 15.1. The summed E-state index contributed by atoms with van der Waals surface area (Å²) in [6, 6.07) is 12.5. The zero-order chi connectivity index (χ0) is 28.2. The van der Waals surface area contributed by atoms with Crippen LogP contribution in [0.3, 0.4) is 0 Å². The number of aromatic nitrogens is 3. The average molecular weight is 549 g/mol. The number of nitrogens with zero attached hydrogens (tertiary/aromatic N) is 5. The number of rotatable bonds is 7. The van der Waals surface area contributed by atoms with Gasteiger partial charge in [-0.3, -0.25) is 4.79 Å². The number of hydrogen-bond acceptors (Lipinski definition) is 5. The molecule has 2 aliphatic carbocycles. The van der Waals surface area contributed by atoms with Crippen LogP contribution in [0.4, 0.5) is 18.9 Å². The molecule has 1 aliphatic heterocycles. The summed E-state index contributed by atoms with van der Waals surface area (Å²) in [6.07, 6.45) is 1.60. The maximum atomic E-state index is 14.2. The van der Waals surface area contributed by atoms with Gasteiger partial charge >= 0.3 is 6.18 Å². The molecule has 0 radical (unpaired) electrons. The van der Waals surface area contributed by atoms with Crippen LogP contribution in [0.5, 0.6) is 0 Å². The zero-order valence-electron chi connectivity index (χ0n) is 22.5. The van der Waals surface area contributed by atoms with E-state index in [0.29, 0.717) is 11.3 Å². The summed E-state index contributed by atoms with van der Waals surface area (Å²) in [5.41, 5.74) is 1.20. The highest BCUT2D eigenvalue weighted by Crippen LogP contribution is 2.47. The van der Waals surface area contributed by atoms with Crippen molar-refractivity contribution in [2.45, 2.75) is 69.8 Å². The molecule has 2 saturated carbocycles. The monoisotopic (exact) mass is 548 g/mol. The minimum Gasteiger partial charge on any atom is -0.320 e. The Morgan fingerprint density at radius 2 is 2.00 bits per heavy atom. The molecule has 2 aromatic carbocycles. The molecule has 1 N–H and O–H groups in total. The number of hydrogen-bond donors (Lipinski definition) is 1. The summed E-state index contributed by atoms with van der Waals surface area (Å²) < 4.78 is 44.5. The van der Waals surface area contributed by atoms with Gasteiger partial charge in [-0.15, -0.1) is 10.2 Å². The minimum absolute atomic E-state index is 0.00470. The molecule has 3 aliphatic rings. The zero-order valence-corrected chi connectivity index (χ0v) is 22.5. The largest absolute Gasteiger partial charge is 0.416 e. The highest BCUT2D eigenvalue weighted by atomic mass is 19.4. The lowest BCUT2D eigenvalue weighted by atomic mass is 9.67. The number of benzene rings is 2. The molecular formula is C30H31F3N6O. The number of halogens is 3. The highest BCUT2D eigenvalue weighted by Gasteiger charge is 2.42. The average Bonchev–Trinajstić information content (AvgIpc) is 3.45. The molecule has 40 heavy (non-hydrogen) atoms. The molecule has 3 aromatic rings. The molecule has 0 bridgehead atoms. The van der Waals surface area contributed by atoms with E-state index in [0.717, 1.165) is 43.5 Å². The third kappa shape index (κ3) is 4.66. The molecular weight excluding hydrogens is 517 g/mol. The number of carbonyl (C=O) groups excluding carboxylic acids is 1. The van der Waals surface area contributed by atoms with Gasteiger partial charge in [-0.25, -0.2) is 0 Å². The van der Waals surface area contributed by atoms with Crippen LogP contribution in [0.25, 0.3) is 0 Å². The minimum atomic E-state index is -4.57. The first-order valence-electron chi connectivity index (χ1n) is 13.7. The quantitative estimate of drug-likeness (QED) is 0.409. The maximum absolute atomic E-state index is 14.2. The smallest absolute Gasteiger partial charge is 0.320 e. The van der Waals surface area contributed by atoms with Crippen molar-refractivity contribution in [3.63, 3.8) is 0 Å². The van der Waals surface area contributed by atoms with E-state index in [1.54, 1.807) is 18.5 Å². The van der Waals surface area contributed by atoms with E-state index in [4.69, 9.17) is 0 Å². The Hall–Kier alpha value is -3.71. The third-order valence-corrected chi connectivity index (χ3v) is 8.98. The van der Waals surface area contributed by atoms with Crippen molar-refractivity contribution in [1.29, 1.82) is 5.26 Å². The second kappa shape index (κ2) is 9.73. The standard InChI is InChI=1S/C30H31F3N6O/c1-29(7-4-8-29)35-15-19-11-23-24(25(12-19)30(31,32)33)16-39(28(23)40)22-6-3-5-20(13-22)26(21-9-18(10-21)14-34)27-37-36-17-38(27)2/h3,5-6,11-13,17-18,21,26,35H,4,7-10,15-16H2,1-2H3. The number of anilines is 1. The van der Waals surface area contributed by atoms with Crippen LogP contribution in [-0.4, -0.2) is 26.2 Å². The molecule has 7 nitrogen and oxygen atoms in total. The maximum Gasteiger partial charge on any atom is 0.416 e. The molecule has 10 heteroatoms. The number of nitriles is 1. The first-order valence-corrected chi connectivity index (χ1v) is 13.7. The molecule has 0 spiro atoms. The van der Waals surface area contributed by atoms with Gasteiger partial charge < -0.3 is 14.8 Å². The van der Waals surface area contributed by atoms with Crippen molar-refractivity contribution < 1.29 is 18.0 Å². The molecule has 208 valence electrons. The molecule has 6 rings (SSSR count). The second-order valence-electron chi connectivity index (χ2n) is 11.8. The number of carbonyl (C=O) groups is 1. The van der Waals surface area contributed by atoms with E-state index in [9.17, 15) is 23.2 Å². The van der Waals surface area contributed by atoms with E-state index >= 15 is 0 Å². The van der Waals surface area contributed by atoms with Crippen LogP contribution in [-0.2, 0) is 26.3 Å². The topological polar surface area (TPSA) is 86.8 Å². The van der Waals surface area contributed by atoms with Crippen LogP contribution in [0.2, 0.25) is 0 Å². The van der Waals surface area contributed by atoms with E-state index < -0.39 is 17.6 Å². The Balaban J connectivity index is 1.32. The van der Waals surface area contributed by atoms with Gasteiger partial charge in [0.2, 0.25) is 0 Å². The van der Waals surface area contributed by atoms with Gasteiger partial charge in [-0.2, -0.15) is 18.4 Å². The summed E-state index contributed by atoms with van der Waals surface area (Å²) in [5.74, 6) is 0.353. The fourth-order valence-corrected chi connectivity index (χ4v) is 6.36. The first kappa shape index (κ1) is 26.5. The van der Waals surface area contributed by atoms with Gasteiger partial charge in [0, 0.05) is 42.2 Å². The summed E-state index contributed by atoms with van der Waals surface area (Å²) in [6.45, 7) is 2.21. The molecule has 1 unspecified atom stereocenters. The fraction of sp³-hybridized carbons (Fsp3) is 0.467. The molecule has 1 aromatic heterocycles. The van der Waals surface area contributed by atoms with Crippen LogP contribution >= 0.6 is 0 Å². The molecule has 1 atom stereocenters. The van der Waals surface area contributed by atoms with Gasteiger partial charge in [-0.1, -0.05) is 12.1 Å². The van der Waals surface area contributed by atoms with Crippen molar-refractivity contribution in [1.82, 2.24) is 20.1 Å². The van der Waals surface area contributed by atoms with Crippen LogP contribution in [0, 0.1) is 23.2 Å². The second-order valence-corrected chi connectivity index (χ2v) is 11.8. The summed E-state index contributed by atoms with van der Waals surface area (Å²) in [7, 11) is 1.86. The normalized spacial score (nSPS) is 22.3. The SMILES string of the molecule is Cn1cnnc1C(c1cccc(N2Cc3c(cc(CNC4(C)CCC4)cc3C(F)(F)F)C2=O)c1)C1CC(C#N)C1. The number of nitrogens with one attached hydrogen (secondary N) is 1. The van der Waals surface area contributed by atoms with Crippen molar-refractivity contribution >= 4 is 11.6 Å². The predicted molar refractivity (Wildman–Crippen MR) is 142 cm³/mol. The van der Waals surface area contributed by atoms with E-state index in [-0.39, 0.29) is 47.5 Å². The lowest BCUT2D eigenvalue weighted by Crippen LogP contribution is -2.47. The Labute approximate surface area is 231 Å². The van der Waals surface area contributed by atoms with Gasteiger partial charge in [0.25, 0.3) is 5.91 Å². The Bertz CT molecular complexity index is 1500. The molecule has 1 amide bonds. The van der Waals surface area contributed by atoms with E-state index in [1.165, 1.54) is 11.0 Å². The van der Waals surface area contributed by atoms with Gasteiger partial charge in [0.05, 0.1) is 18.2 Å². The fourth-order valence-electron chi connectivity index (χ4n) is 6.36. The van der Waals surface area contributed by atoms with E-state index in [2.05, 4.69) is 28.5 Å². The van der Waals surface area contributed by atoms with Crippen molar-refractivity contribution in [3.05, 3.63) is 76.4 Å². The Kier molecular flexibility index (Phi) is 6.45. The van der Waals surface area contributed by atoms with Crippen molar-refractivity contribution in [3.8, 4) is 6.07 Å². The van der Waals surface area contributed by atoms with Gasteiger partial charge in [0.1, 0.15) is 12.2 Å². The van der Waals surface area contributed by atoms with Crippen LogP contribution in [0.1, 0.15) is 83.4 Å².